The van der Waals surface area contributed by atoms with E-state index in [9.17, 15) is 0 Å². The van der Waals surface area contributed by atoms with E-state index in [2.05, 4.69) is 10.4 Å². The molecule has 0 saturated heterocycles. The summed E-state index contributed by atoms with van der Waals surface area (Å²) in [5.74, 6) is 1.19. The number of nitrogens with two attached hydrogens (primary N) is 1. The average molecular weight is 196 g/mol. The maximum absolute atomic E-state index is 5.68. The molecule has 0 saturated carbocycles. The number of nitrogen functional groups attached to an aromatic ring is 1. The molecule has 1 aromatic heterocycles. The first kappa shape index (κ1) is 10.6. The highest BCUT2D eigenvalue weighted by molar-refractivity contribution is 5.53. The van der Waals surface area contributed by atoms with Gasteiger partial charge >= 0.3 is 0 Å². The minimum absolute atomic E-state index is 0.472. The second kappa shape index (κ2) is 4.66. The number of hydrazine groups is 1. The van der Waals surface area contributed by atoms with Crippen LogP contribution in [0.1, 0.15) is 6.92 Å². The maximum Gasteiger partial charge on any atom is 0.239 e. The second-order valence-electron chi connectivity index (χ2n) is 3.03. The molecule has 0 bridgehead atoms. The fourth-order valence-electron chi connectivity index (χ4n) is 0.995. The highest BCUT2D eigenvalue weighted by atomic mass is 16.5. The predicted molar refractivity (Wildman–Crippen MR) is 57.1 cm³/mol. The summed E-state index contributed by atoms with van der Waals surface area (Å²) in [6, 6.07) is 3.57. The minimum Gasteiger partial charge on any atom is -0.476 e. The number of rotatable bonds is 4. The van der Waals surface area contributed by atoms with Gasteiger partial charge in [-0.15, -0.1) is 0 Å². The largest absolute Gasteiger partial charge is 0.476 e. The molecular formula is C9H16N4O. The van der Waals surface area contributed by atoms with Gasteiger partial charge < -0.3 is 15.9 Å². The van der Waals surface area contributed by atoms with Crippen LogP contribution in [0.4, 0.5) is 11.5 Å². The number of ether oxygens (including phenoxy) is 1. The van der Waals surface area contributed by atoms with Gasteiger partial charge in [-0.2, -0.15) is 4.98 Å². The molecule has 3 N–H and O–H groups in total. The van der Waals surface area contributed by atoms with Crippen LogP contribution in [-0.2, 0) is 0 Å². The summed E-state index contributed by atoms with van der Waals surface area (Å²) >= 11 is 0. The number of nitrogens with one attached hydrogen (secondary N) is 1. The van der Waals surface area contributed by atoms with E-state index in [1.54, 1.807) is 17.1 Å². The Bertz CT molecular complexity index is 301. The van der Waals surface area contributed by atoms with Crippen LogP contribution >= 0.6 is 0 Å². The van der Waals surface area contributed by atoms with E-state index in [4.69, 9.17) is 10.5 Å². The van der Waals surface area contributed by atoms with Crippen molar-refractivity contribution < 1.29 is 4.74 Å². The lowest BCUT2D eigenvalue weighted by atomic mass is 10.4. The van der Waals surface area contributed by atoms with Crippen LogP contribution in [0.25, 0.3) is 0 Å². The Labute approximate surface area is 83.8 Å². The first-order chi connectivity index (χ1) is 6.63. The molecule has 0 aromatic carbocycles. The van der Waals surface area contributed by atoms with E-state index >= 15 is 0 Å². The van der Waals surface area contributed by atoms with E-state index in [1.807, 2.05) is 21.0 Å². The van der Waals surface area contributed by atoms with Gasteiger partial charge in [0.05, 0.1) is 12.3 Å². The van der Waals surface area contributed by atoms with Crippen LogP contribution in [0.5, 0.6) is 5.88 Å². The molecule has 0 spiro atoms. The molecule has 0 amide bonds. The normalized spacial score (nSPS) is 10.3. The molecule has 0 aliphatic heterocycles. The van der Waals surface area contributed by atoms with Gasteiger partial charge in [-0.3, -0.25) is 0 Å². The van der Waals surface area contributed by atoms with Gasteiger partial charge in [0.15, 0.2) is 0 Å². The topological polar surface area (TPSA) is 63.4 Å². The fourth-order valence-corrected chi connectivity index (χ4v) is 0.995. The number of pyridine rings is 1. The van der Waals surface area contributed by atoms with Crippen molar-refractivity contribution in [1.82, 2.24) is 9.99 Å². The van der Waals surface area contributed by atoms with Gasteiger partial charge in [0.1, 0.15) is 5.82 Å². The lowest BCUT2D eigenvalue weighted by molar-refractivity contribution is 0.328. The molecule has 0 fully saturated rings. The summed E-state index contributed by atoms with van der Waals surface area (Å²) in [5, 5.41) is 1.80. The van der Waals surface area contributed by atoms with Crippen LogP contribution in [0.3, 0.4) is 0 Å². The van der Waals surface area contributed by atoms with Crippen molar-refractivity contribution in [2.75, 3.05) is 31.9 Å². The molecule has 0 atom stereocenters. The van der Waals surface area contributed by atoms with E-state index in [1.165, 1.54) is 0 Å². The Morgan fingerprint density at radius 1 is 1.50 bits per heavy atom. The van der Waals surface area contributed by atoms with Crippen LogP contribution in [-0.4, -0.2) is 30.7 Å². The minimum atomic E-state index is 0.472. The Kier molecular flexibility index (Phi) is 3.53. The molecular weight excluding hydrogens is 180 g/mol. The lowest BCUT2D eigenvalue weighted by Crippen LogP contribution is -2.20. The molecule has 1 heterocycles. The highest BCUT2D eigenvalue weighted by Gasteiger charge is 2.03. The summed E-state index contributed by atoms with van der Waals surface area (Å²) in [4.78, 5) is 4.20. The molecule has 14 heavy (non-hydrogen) atoms. The molecule has 0 unspecified atom stereocenters. The van der Waals surface area contributed by atoms with Gasteiger partial charge in [-0.1, -0.05) is 0 Å². The Balaban J connectivity index is 2.83. The predicted octanol–water partition coefficient (Wildman–Crippen LogP) is 0.951. The van der Waals surface area contributed by atoms with Crippen LogP contribution in [0.15, 0.2) is 12.1 Å². The summed E-state index contributed by atoms with van der Waals surface area (Å²) in [6.45, 7) is 2.45. The summed E-state index contributed by atoms with van der Waals surface area (Å²) in [5.41, 5.74) is 9.25. The van der Waals surface area contributed by atoms with Crippen molar-refractivity contribution in [2.45, 2.75) is 6.92 Å². The molecule has 5 nitrogen and oxygen atoms in total. The first-order valence-electron chi connectivity index (χ1n) is 4.46. The molecule has 0 aliphatic carbocycles. The van der Waals surface area contributed by atoms with Gasteiger partial charge in [0, 0.05) is 14.1 Å². The summed E-state index contributed by atoms with van der Waals surface area (Å²) in [6.07, 6.45) is 0. The van der Waals surface area contributed by atoms with Crippen molar-refractivity contribution in [3.63, 3.8) is 0 Å². The zero-order valence-electron chi connectivity index (χ0n) is 8.74. The maximum atomic E-state index is 5.68. The molecule has 0 aliphatic rings. The van der Waals surface area contributed by atoms with E-state index in [0.717, 1.165) is 0 Å². The van der Waals surface area contributed by atoms with Gasteiger partial charge in [0.2, 0.25) is 5.88 Å². The Morgan fingerprint density at radius 2 is 2.21 bits per heavy atom. The number of nitrogens with zero attached hydrogens (tertiary/aromatic N) is 2. The lowest BCUT2D eigenvalue weighted by Gasteiger charge is -2.14. The zero-order valence-corrected chi connectivity index (χ0v) is 8.74. The van der Waals surface area contributed by atoms with Crippen molar-refractivity contribution in [3.05, 3.63) is 12.1 Å². The second-order valence-corrected chi connectivity index (χ2v) is 3.03. The van der Waals surface area contributed by atoms with Crippen molar-refractivity contribution in [3.8, 4) is 5.88 Å². The SMILES string of the molecule is CCOc1nc(NN(C)C)ccc1N. The molecule has 78 valence electrons. The summed E-state index contributed by atoms with van der Waals surface area (Å²) in [7, 11) is 3.77. The molecule has 5 heteroatoms. The Hall–Kier alpha value is -1.49. The zero-order chi connectivity index (χ0) is 10.6. The number of hydrogen-bond donors (Lipinski definition) is 2. The molecule has 0 radical (unpaired) electrons. The van der Waals surface area contributed by atoms with Crippen molar-refractivity contribution in [2.24, 2.45) is 0 Å². The third kappa shape index (κ3) is 2.77. The molecule has 1 rings (SSSR count). The standard InChI is InChI=1S/C9H16N4O/c1-4-14-9-7(10)5-6-8(11-9)12-13(2)3/h5-6H,4,10H2,1-3H3,(H,11,12). The van der Waals surface area contributed by atoms with Crippen molar-refractivity contribution >= 4 is 11.5 Å². The summed E-state index contributed by atoms with van der Waals surface area (Å²) < 4.78 is 5.26. The molecule has 1 aromatic rings. The van der Waals surface area contributed by atoms with Gasteiger partial charge in [0.25, 0.3) is 0 Å². The van der Waals surface area contributed by atoms with Crippen molar-refractivity contribution in [1.29, 1.82) is 0 Å². The third-order valence-corrected chi connectivity index (χ3v) is 1.51. The van der Waals surface area contributed by atoms with Crippen LogP contribution < -0.4 is 15.9 Å². The smallest absolute Gasteiger partial charge is 0.239 e. The van der Waals surface area contributed by atoms with E-state index < -0.39 is 0 Å². The van der Waals surface area contributed by atoms with Crippen LogP contribution in [0.2, 0.25) is 0 Å². The number of aromatic nitrogens is 1. The average Bonchev–Trinajstić information content (AvgIpc) is 2.10. The van der Waals surface area contributed by atoms with E-state index in [-0.39, 0.29) is 0 Å². The fraction of sp³-hybridized carbons (Fsp3) is 0.444. The highest BCUT2D eigenvalue weighted by Crippen LogP contribution is 2.20. The number of hydrogen-bond acceptors (Lipinski definition) is 5. The quantitative estimate of drug-likeness (QED) is 0.702. The Morgan fingerprint density at radius 3 is 2.79 bits per heavy atom. The van der Waals surface area contributed by atoms with Crippen LogP contribution in [0, 0.1) is 0 Å². The van der Waals surface area contributed by atoms with Gasteiger partial charge in [-0.25, -0.2) is 5.01 Å². The van der Waals surface area contributed by atoms with E-state index in [0.29, 0.717) is 24.0 Å². The van der Waals surface area contributed by atoms with Gasteiger partial charge in [-0.05, 0) is 19.1 Å². The first-order valence-corrected chi connectivity index (χ1v) is 4.46. The third-order valence-electron chi connectivity index (χ3n) is 1.51. The monoisotopic (exact) mass is 196 g/mol. The number of anilines is 2.